The summed E-state index contributed by atoms with van der Waals surface area (Å²) in [6.07, 6.45) is 2.62. The highest BCUT2D eigenvalue weighted by atomic mass is 32.2. The standard InChI is InChI=1S/C19H19N7O3S/c1-30(28,29)26-14-6-3-5-13(9-14)23-19-24-17(16-18(25-19)22-11-21-16)20-10-12-4-2-7-15(27)8-12/h2-9,11,26-27H,10H2,1H3,(H3,20,21,22,23,24,25). The van der Waals surface area contributed by atoms with Crippen LogP contribution in [-0.4, -0.2) is 39.7 Å². The summed E-state index contributed by atoms with van der Waals surface area (Å²) in [7, 11) is -3.38. The van der Waals surface area contributed by atoms with E-state index in [9.17, 15) is 13.5 Å². The van der Waals surface area contributed by atoms with E-state index < -0.39 is 10.0 Å². The summed E-state index contributed by atoms with van der Waals surface area (Å²) in [5.41, 5.74) is 3.03. The predicted molar refractivity (Wildman–Crippen MR) is 115 cm³/mol. The number of H-pyrrole nitrogens is 1. The first-order chi connectivity index (χ1) is 14.4. The van der Waals surface area contributed by atoms with Crippen molar-refractivity contribution in [3.05, 3.63) is 60.4 Å². The zero-order valence-electron chi connectivity index (χ0n) is 15.9. The number of aromatic nitrogens is 4. The van der Waals surface area contributed by atoms with Crippen molar-refractivity contribution in [2.75, 3.05) is 21.6 Å². The van der Waals surface area contributed by atoms with Crippen LogP contribution in [0.5, 0.6) is 5.75 Å². The molecule has 4 aromatic rings. The number of phenols is 1. The third-order valence-electron chi connectivity index (χ3n) is 4.08. The van der Waals surface area contributed by atoms with Gasteiger partial charge in [-0.25, -0.2) is 13.4 Å². The molecule has 0 aliphatic heterocycles. The Morgan fingerprint density at radius 2 is 1.87 bits per heavy atom. The molecule has 0 atom stereocenters. The van der Waals surface area contributed by atoms with Crippen LogP contribution in [0.25, 0.3) is 11.2 Å². The highest BCUT2D eigenvalue weighted by Gasteiger charge is 2.11. The average molecular weight is 425 g/mol. The SMILES string of the molecule is CS(=O)(=O)Nc1cccc(Nc2nc(NCc3cccc(O)c3)c3[nH]cnc3n2)c1. The number of hydrogen-bond acceptors (Lipinski definition) is 8. The van der Waals surface area contributed by atoms with Crippen LogP contribution in [0.15, 0.2) is 54.9 Å². The molecule has 0 saturated carbocycles. The Morgan fingerprint density at radius 3 is 2.67 bits per heavy atom. The number of sulfonamides is 1. The van der Waals surface area contributed by atoms with Gasteiger partial charge in [0.1, 0.15) is 11.3 Å². The van der Waals surface area contributed by atoms with E-state index >= 15 is 0 Å². The van der Waals surface area contributed by atoms with Crippen LogP contribution >= 0.6 is 0 Å². The smallest absolute Gasteiger partial charge is 0.231 e. The summed E-state index contributed by atoms with van der Waals surface area (Å²) in [5, 5.41) is 15.9. The van der Waals surface area contributed by atoms with Crippen LogP contribution in [0, 0.1) is 0 Å². The minimum atomic E-state index is -3.38. The molecule has 0 aliphatic rings. The number of aromatic hydroxyl groups is 1. The lowest BCUT2D eigenvalue weighted by atomic mass is 10.2. The molecule has 10 nitrogen and oxygen atoms in total. The molecule has 0 saturated heterocycles. The highest BCUT2D eigenvalue weighted by molar-refractivity contribution is 7.92. The summed E-state index contributed by atoms with van der Waals surface area (Å²) in [5.74, 6) is 1.02. The van der Waals surface area contributed by atoms with Crippen molar-refractivity contribution in [3.63, 3.8) is 0 Å². The molecule has 0 spiro atoms. The van der Waals surface area contributed by atoms with E-state index in [0.717, 1.165) is 11.8 Å². The van der Waals surface area contributed by atoms with E-state index in [1.165, 1.54) is 6.33 Å². The Hall–Kier alpha value is -3.86. The van der Waals surface area contributed by atoms with Crippen molar-refractivity contribution in [1.82, 2.24) is 19.9 Å². The zero-order chi connectivity index (χ0) is 21.1. The van der Waals surface area contributed by atoms with Gasteiger partial charge in [-0.05, 0) is 35.9 Å². The molecule has 2 aromatic carbocycles. The van der Waals surface area contributed by atoms with Crippen molar-refractivity contribution >= 4 is 44.3 Å². The molecule has 11 heteroatoms. The van der Waals surface area contributed by atoms with Gasteiger partial charge in [0, 0.05) is 12.2 Å². The lowest BCUT2D eigenvalue weighted by Gasteiger charge is -2.11. The lowest BCUT2D eigenvalue weighted by Crippen LogP contribution is -2.09. The van der Waals surface area contributed by atoms with Gasteiger partial charge in [0.25, 0.3) is 0 Å². The molecule has 5 N–H and O–H groups in total. The minimum absolute atomic E-state index is 0.189. The largest absolute Gasteiger partial charge is 0.508 e. The fourth-order valence-electron chi connectivity index (χ4n) is 2.87. The van der Waals surface area contributed by atoms with Gasteiger partial charge >= 0.3 is 0 Å². The maximum absolute atomic E-state index is 11.4. The van der Waals surface area contributed by atoms with E-state index in [0.29, 0.717) is 40.8 Å². The van der Waals surface area contributed by atoms with Crippen LogP contribution in [0.3, 0.4) is 0 Å². The molecule has 154 valence electrons. The molecule has 0 amide bonds. The van der Waals surface area contributed by atoms with Gasteiger partial charge < -0.3 is 20.7 Å². The molecule has 2 heterocycles. The lowest BCUT2D eigenvalue weighted by molar-refractivity contribution is 0.474. The first kappa shape index (κ1) is 19.5. The topological polar surface area (TPSA) is 145 Å². The second-order valence-corrected chi connectivity index (χ2v) is 8.35. The molecule has 0 unspecified atom stereocenters. The molecule has 0 fully saturated rings. The van der Waals surface area contributed by atoms with Gasteiger partial charge in [0.05, 0.1) is 18.3 Å². The number of anilines is 4. The van der Waals surface area contributed by atoms with Gasteiger partial charge in [0.2, 0.25) is 16.0 Å². The number of aromatic amines is 1. The number of fused-ring (bicyclic) bond motifs is 1. The molecule has 0 aliphatic carbocycles. The second kappa shape index (κ2) is 7.87. The Kier molecular flexibility index (Phi) is 5.11. The first-order valence-electron chi connectivity index (χ1n) is 8.93. The van der Waals surface area contributed by atoms with Crippen LogP contribution in [0.1, 0.15) is 5.56 Å². The zero-order valence-corrected chi connectivity index (χ0v) is 16.7. The normalized spacial score (nSPS) is 11.4. The summed E-state index contributed by atoms with van der Waals surface area (Å²) in [6.45, 7) is 0.437. The van der Waals surface area contributed by atoms with E-state index in [4.69, 9.17) is 0 Å². The minimum Gasteiger partial charge on any atom is -0.508 e. The summed E-state index contributed by atoms with van der Waals surface area (Å²) >= 11 is 0. The van der Waals surface area contributed by atoms with Crippen LogP contribution < -0.4 is 15.4 Å². The number of nitrogens with zero attached hydrogens (tertiary/aromatic N) is 3. The van der Waals surface area contributed by atoms with Crippen molar-refractivity contribution in [2.45, 2.75) is 6.54 Å². The predicted octanol–water partition coefficient (Wildman–Crippen LogP) is 2.79. The van der Waals surface area contributed by atoms with Gasteiger partial charge in [-0.2, -0.15) is 9.97 Å². The van der Waals surface area contributed by atoms with Gasteiger partial charge in [-0.3, -0.25) is 4.72 Å². The van der Waals surface area contributed by atoms with Gasteiger partial charge in [-0.15, -0.1) is 0 Å². The highest BCUT2D eigenvalue weighted by Crippen LogP contribution is 2.23. The number of rotatable bonds is 7. The maximum Gasteiger partial charge on any atom is 0.231 e. The quantitative estimate of drug-likeness (QED) is 0.304. The van der Waals surface area contributed by atoms with Crippen molar-refractivity contribution in [3.8, 4) is 5.75 Å². The third kappa shape index (κ3) is 4.75. The van der Waals surface area contributed by atoms with Crippen molar-refractivity contribution in [1.29, 1.82) is 0 Å². The monoisotopic (exact) mass is 425 g/mol. The summed E-state index contributed by atoms with van der Waals surface area (Å²) in [4.78, 5) is 16.1. The van der Waals surface area contributed by atoms with E-state index in [1.807, 2.05) is 6.07 Å². The average Bonchev–Trinajstić information content (AvgIpc) is 3.14. The van der Waals surface area contributed by atoms with Crippen LogP contribution in [0.4, 0.5) is 23.1 Å². The Labute approximate surface area is 172 Å². The number of hydrogen-bond donors (Lipinski definition) is 5. The third-order valence-corrected chi connectivity index (χ3v) is 4.68. The Morgan fingerprint density at radius 1 is 1.07 bits per heavy atom. The van der Waals surface area contributed by atoms with Crippen molar-refractivity contribution < 1.29 is 13.5 Å². The Bertz CT molecular complexity index is 1300. The van der Waals surface area contributed by atoms with Gasteiger partial charge in [-0.1, -0.05) is 18.2 Å². The Balaban J connectivity index is 1.59. The second-order valence-electron chi connectivity index (χ2n) is 6.60. The number of imidazole rings is 1. The molecule has 4 rings (SSSR count). The maximum atomic E-state index is 11.4. The van der Waals surface area contributed by atoms with Crippen molar-refractivity contribution in [2.24, 2.45) is 0 Å². The fourth-order valence-corrected chi connectivity index (χ4v) is 3.43. The van der Waals surface area contributed by atoms with E-state index in [-0.39, 0.29) is 5.75 Å². The van der Waals surface area contributed by atoms with E-state index in [1.54, 1.807) is 42.5 Å². The summed E-state index contributed by atoms with van der Waals surface area (Å²) in [6, 6.07) is 13.7. The molecule has 0 radical (unpaired) electrons. The molecule has 0 bridgehead atoms. The number of nitrogens with one attached hydrogen (secondary N) is 4. The van der Waals surface area contributed by atoms with E-state index in [2.05, 4.69) is 35.3 Å². The molecular weight excluding hydrogens is 406 g/mol. The number of benzene rings is 2. The number of phenolic OH excluding ortho intramolecular Hbond substituents is 1. The molecule has 2 aromatic heterocycles. The molecular formula is C19H19N7O3S. The van der Waals surface area contributed by atoms with Crippen LogP contribution in [-0.2, 0) is 16.6 Å². The fraction of sp³-hybridized carbons (Fsp3) is 0.105. The van der Waals surface area contributed by atoms with Gasteiger partial charge in [0.15, 0.2) is 11.5 Å². The molecule has 30 heavy (non-hydrogen) atoms. The van der Waals surface area contributed by atoms with Crippen LogP contribution in [0.2, 0.25) is 0 Å². The first-order valence-corrected chi connectivity index (χ1v) is 10.8. The summed E-state index contributed by atoms with van der Waals surface area (Å²) < 4.78 is 25.3.